The van der Waals surface area contributed by atoms with Gasteiger partial charge in [0.15, 0.2) is 0 Å². The number of nitrogens with one attached hydrogen (secondary N) is 2. The standard InChI is InChI=1S/C10H17F3N2O/c1-7-2-3-14-5-8(7)6-15-9(16)4-10(11,12)13/h7-8,14H,2-6H2,1H3,(H,15,16). The van der Waals surface area contributed by atoms with Gasteiger partial charge in [0, 0.05) is 6.54 Å². The van der Waals surface area contributed by atoms with Gasteiger partial charge in [-0.15, -0.1) is 0 Å². The molecule has 2 atom stereocenters. The zero-order chi connectivity index (χ0) is 12.2. The number of alkyl halides is 3. The van der Waals surface area contributed by atoms with Crippen LogP contribution >= 0.6 is 0 Å². The third kappa shape index (κ3) is 4.83. The molecule has 0 bridgehead atoms. The van der Waals surface area contributed by atoms with Crippen LogP contribution in [0.1, 0.15) is 19.8 Å². The van der Waals surface area contributed by atoms with Gasteiger partial charge in [0.1, 0.15) is 6.42 Å². The zero-order valence-electron chi connectivity index (χ0n) is 9.23. The normalized spacial score (nSPS) is 26.5. The monoisotopic (exact) mass is 238 g/mol. The second-order valence-electron chi connectivity index (χ2n) is 4.33. The summed E-state index contributed by atoms with van der Waals surface area (Å²) in [4.78, 5) is 11.0. The molecule has 0 aromatic rings. The summed E-state index contributed by atoms with van der Waals surface area (Å²) < 4.78 is 35.6. The largest absolute Gasteiger partial charge is 0.397 e. The third-order valence-electron chi connectivity index (χ3n) is 2.91. The molecule has 0 aliphatic carbocycles. The fourth-order valence-corrected chi connectivity index (χ4v) is 1.82. The molecule has 1 aliphatic heterocycles. The molecule has 0 saturated carbocycles. The first-order chi connectivity index (χ1) is 7.38. The summed E-state index contributed by atoms with van der Waals surface area (Å²) in [6.45, 7) is 4.08. The molecular formula is C10H17F3N2O. The maximum absolute atomic E-state index is 11.9. The lowest BCUT2D eigenvalue weighted by atomic mass is 9.88. The minimum Gasteiger partial charge on any atom is -0.355 e. The van der Waals surface area contributed by atoms with E-state index in [1.54, 1.807) is 0 Å². The van der Waals surface area contributed by atoms with E-state index >= 15 is 0 Å². The number of halogens is 3. The number of carbonyl (C=O) groups excluding carboxylic acids is 1. The molecule has 2 unspecified atom stereocenters. The Morgan fingerprint density at radius 3 is 2.75 bits per heavy atom. The fourth-order valence-electron chi connectivity index (χ4n) is 1.82. The van der Waals surface area contributed by atoms with Gasteiger partial charge in [-0.25, -0.2) is 0 Å². The molecule has 1 heterocycles. The average molecular weight is 238 g/mol. The molecule has 0 spiro atoms. The lowest BCUT2D eigenvalue weighted by Gasteiger charge is -2.29. The first kappa shape index (κ1) is 13.3. The smallest absolute Gasteiger partial charge is 0.355 e. The summed E-state index contributed by atoms with van der Waals surface area (Å²) in [7, 11) is 0. The highest BCUT2D eigenvalue weighted by Crippen LogP contribution is 2.20. The maximum Gasteiger partial charge on any atom is 0.397 e. The van der Waals surface area contributed by atoms with E-state index in [4.69, 9.17) is 0 Å². The lowest BCUT2D eigenvalue weighted by Crippen LogP contribution is -2.42. The van der Waals surface area contributed by atoms with E-state index in [1.165, 1.54) is 0 Å². The Kier molecular flexibility index (Phi) is 4.58. The maximum atomic E-state index is 11.9. The van der Waals surface area contributed by atoms with Crippen LogP contribution in [0.15, 0.2) is 0 Å². The molecule has 0 aromatic heterocycles. The molecule has 1 saturated heterocycles. The number of hydrogen-bond donors (Lipinski definition) is 2. The quantitative estimate of drug-likeness (QED) is 0.778. The first-order valence-electron chi connectivity index (χ1n) is 5.42. The van der Waals surface area contributed by atoms with Crippen molar-refractivity contribution in [2.75, 3.05) is 19.6 Å². The van der Waals surface area contributed by atoms with Gasteiger partial charge in [-0.05, 0) is 31.3 Å². The molecule has 1 amide bonds. The number of amides is 1. The van der Waals surface area contributed by atoms with Crippen LogP contribution < -0.4 is 10.6 Å². The Labute approximate surface area is 92.8 Å². The lowest BCUT2D eigenvalue weighted by molar-refractivity contribution is -0.153. The summed E-state index contributed by atoms with van der Waals surface area (Å²) in [6.07, 6.45) is -4.80. The molecule has 1 fully saturated rings. The van der Waals surface area contributed by atoms with Crippen molar-refractivity contribution in [1.82, 2.24) is 10.6 Å². The number of hydrogen-bond acceptors (Lipinski definition) is 2. The molecule has 16 heavy (non-hydrogen) atoms. The Morgan fingerprint density at radius 2 is 2.19 bits per heavy atom. The van der Waals surface area contributed by atoms with Crippen molar-refractivity contribution in [2.45, 2.75) is 25.9 Å². The van der Waals surface area contributed by atoms with Crippen molar-refractivity contribution in [3.8, 4) is 0 Å². The van der Waals surface area contributed by atoms with Crippen LogP contribution in [0, 0.1) is 11.8 Å². The number of piperidine rings is 1. The van der Waals surface area contributed by atoms with Gasteiger partial charge >= 0.3 is 6.18 Å². The highest BCUT2D eigenvalue weighted by Gasteiger charge is 2.31. The minimum atomic E-state index is -4.42. The van der Waals surface area contributed by atoms with E-state index in [1.807, 2.05) is 0 Å². The van der Waals surface area contributed by atoms with E-state index < -0.39 is 18.5 Å². The highest BCUT2D eigenvalue weighted by molar-refractivity contribution is 5.76. The van der Waals surface area contributed by atoms with Gasteiger partial charge < -0.3 is 10.6 Å². The summed E-state index contributed by atoms with van der Waals surface area (Å²) in [5.41, 5.74) is 0. The molecule has 3 nitrogen and oxygen atoms in total. The molecule has 1 aliphatic rings. The van der Waals surface area contributed by atoms with E-state index in [9.17, 15) is 18.0 Å². The van der Waals surface area contributed by atoms with Crippen LogP contribution in [0.2, 0.25) is 0 Å². The van der Waals surface area contributed by atoms with Crippen LogP contribution in [-0.2, 0) is 4.79 Å². The highest BCUT2D eigenvalue weighted by atomic mass is 19.4. The van der Waals surface area contributed by atoms with Gasteiger partial charge in [-0.2, -0.15) is 13.2 Å². The van der Waals surface area contributed by atoms with E-state index in [0.717, 1.165) is 19.5 Å². The van der Waals surface area contributed by atoms with Crippen molar-refractivity contribution >= 4 is 5.91 Å². The Hall–Kier alpha value is -0.780. The van der Waals surface area contributed by atoms with Crippen molar-refractivity contribution in [3.63, 3.8) is 0 Å². The van der Waals surface area contributed by atoms with Crippen LogP contribution in [0.4, 0.5) is 13.2 Å². The van der Waals surface area contributed by atoms with Gasteiger partial charge in [0.05, 0.1) is 0 Å². The second kappa shape index (κ2) is 5.52. The Bertz CT molecular complexity index is 243. The molecule has 6 heteroatoms. The van der Waals surface area contributed by atoms with Crippen molar-refractivity contribution in [2.24, 2.45) is 11.8 Å². The predicted octanol–water partition coefficient (Wildman–Crippen LogP) is 1.30. The second-order valence-corrected chi connectivity index (χ2v) is 4.33. The first-order valence-corrected chi connectivity index (χ1v) is 5.42. The van der Waals surface area contributed by atoms with Crippen LogP contribution in [0.3, 0.4) is 0 Å². The SMILES string of the molecule is CC1CCNCC1CNC(=O)CC(F)(F)F. The van der Waals surface area contributed by atoms with Gasteiger partial charge in [0.25, 0.3) is 0 Å². The van der Waals surface area contributed by atoms with Crippen LogP contribution in [0.25, 0.3) is 0 Å². The number of rotatable bonds is 3. The molecule has 0 aromatic carbocycles. The van der Waals surface area contributed by atoms with E-state index in [2.05, 4.69) is 17.6 Å². The minimum absolute atomic E-state index is 0.228. The molecule has 0 radical (unpaired) electrons. The number of carbonyl (C=O) groups is 1. The van der Waals surface area contributed by atoms with Crippen molar-refractivity contribution < 1.29 is 18.0 Å². The van der Waals surface area contributed by atoms with Crippen molar-refractivity contribution in [3.05, 3.63) is 0 Å². The summed E-state index contributed by atoms with van der Waals surface area (Å²) in [6, 6.07) is 0. The van der Waals surface area contributed by atoms with E-state index in [0.29, 0.717) is 12.5 Å². The van der Waals surface area contributed by atoms with Gasteiger partial charge in [-0.3, -0.25) is 4.79 Å². The Morgan fingerprint density at radius 1 is 1.50 bits per heavy atom. The van der Waals surface area contributed by atoms with E-state index in [-0.39, 0.29) is 5.92 Å². The Balaban J connectivity index is 2.25. The van der Waals surface area contributed by atoms with Crippen molar-refractivity contribution in [1.29, 1.82) is 0 Å². The molecule has 1 rings (SSSR count). The summed E-state index contributed by atoms with van der Waals surface area (Å²) >= 11 is 0. The predicted molar refractivity (Wildman–Crippen MR) is 53.8 cm³/mol. The summed E-state index contributed by atoms with van der Waals surface area (Å²) in [5.74, 6) is -0.274. The van der Waals surface area contributed by atoms with Crippen LogP contribution in [0.5, 0.6) is 0 Å². The van der Waals surface area contributed by atoms with Gasteiger partial charge in [-0.1, -0.05) is 6.92 Å². The fraction of sp³-hybridized carbons (Fsp3) is 0.900. The molecule has 94 valence electrons. The zero-order valence-corrected chi connectivity index (χ0v) is 9.23. The van der Waals surface area contributed by atoms with Crippen LogP contribution in [-0.4, -0.2) is 31.7 Å². The molecule has 2 N–H and O–H groups in total. The van der Waals surface area contributed by atoms with Gasteiger partial charge in [0.2, 0.25) is 5.91 Å². The topological polar surface area (TPSA) is 41.1 Å². The third-order valence-corrected chi connectivity index (χ3v) is 2.91. The molecular weight excluding hydrogens is 221 g/mol. The average Bonchev–Trinajstić information content (AvgIpc) is 2.14. The summed E-state index contributed by atoms with van der Waals surface area (Å²) in [5, 5.41) is 5.50.